The Kier molecular flexibility index (Phi) is 5.20. The second-order valence-corrected chi connectivity index (χ2v) is 12.8. The zero-order valence-corrected chi connectivity index (χ0v) is 20.3. The monoisotopic (exact) mass is 455 g/mol. The molecule has 5 aliphatic carbocycles. The maximum absolute atomic E-state index is 14.1. The summed E-state index contributed by atoms with van der Waals surface area (Å²) in [5, 5.41) is 2.99. The van der Waals surface area contributed by atoms with Crippen LogP contribution in [0, 0.1) is 76.2 Å². The van der Waals surface area contributed by atoms with E-state index in [1.54, 1.807) is 0 Å². The first-order chi connectivity index (χ1) is 15.8. The molecule has 0 bridgehead atoms. The molecule has 1 aromatic carbocycles. The summed E-state index contributed by atoms with van der Waals surface area (Å²) in [5.41, 5.74) is 0.316. The molecule has 1 N–H and O–H groups in total. The van der Waals surface area contributed by atoms with Crippen molar-refractivity contribution in [2.75, 3.05) is 11.9 Å². The molecule has 0 aliphatic heterocycles. The second kappa shape index (κ2) is 7.78. The molecule has 0 spiro atoms. The Labute approximate surface area is 197 Å². The third-order valence-electron chi connectivity index (χ3n) is 11.3. The fraction of sp³-hybridized carbons (Fsp3) is 0.759. The van der Waals surface area contributed by atoms with Crippen molar-refractivity contribution in [3.63, 3.8) is 0 Å². The number of hydrogen-bond donors (Lipinski definition) is 1. The van der Waals surface area contributed by atoms with E-state index in [-0.39, 0.29) is 29.3 Å². The molecule has 5 aliphatic rings. The summed E-state index contributed by atoms with van der Waals surface area (Å²) in [4.78, 5) is 13.6. The molecule has 33 heavy (non-hydrogen) atoms. The molecule has 0 aromatic heterocycles. The van der Waals surface area contributed by atoms with Gasteiger partial charge in [0.1, 0.15) is 11.6 Å². The number of anilines is 1. The van der Waals surface area contributed by atoms with Gasteiger partial charge in [-0.05, 0) is 109 Å². The molecule has 0 radical (unpaired) electrons. The molecule has 2 unspecified atom stereocenters. The lowest BCUT2D eigenvalue weighted by atomic mass is 9.47. The molecule has 0 heterocycles. The van der Waals surface area contributed by atoms with Crippen molar-refractivity contribution in [1.82, 2.24) is 0 Å². The highest BCUT2D eigenvalue weighted by molar-refractivity contribution is 5.87. The maximum Gasteiger partial charge on any atom is 0.155 e. The van der Waals surface area contributed by atoms with Crippen molar-refractivity contribution < 1.29 is 13.6 Å². The van der Waals surface area contributed by atoms with Crippen LogP contribution in [0.1, 0.15) is 65.7 Å². The highest BCUT2D eigenvalue weighted by atomic mass is 19.1. The van der Waals surface area contributed by atoms with Crippen molar-refractivity contribution in [2.24, 2.45) is 64.6 Å². The van der Waals surface area contributed by atoms with E-state index in [4.69, 9.17) is 0 Å². The van der Waals surface area contributed by atoms with Gasteiger partial charge in [-0.1, -0.05) is 27.2 Å². The topological polar surface area (TPSA) is 29.1 Å². The molecule has 0 amide bonds. The fourth-order valence-electron chi connectivity index (χ4n) is 10.0. The van der Waals surface area contributed by atoms with Gasteiger partial charge in [0, 0.05) is 12.0 Å². The number of Topliss-reactive ketones (excluding diaryl/α,β-unsaturated/α-hetero) is 1. The molecule has 11 atom stereocenters. The number of nitrogens with one attached hydrogen (secondary N) is 1. The maximum atomic E-state index is 14.1. The van der Waals surface area contributed by atoms with Gasteiger partial charge in [-0.15, -0.1) is 0 Å². The van der Waals surface area contributed by atoms with Gasteiger partial charge in [0.15, 0.2) is 5.78 Å². The number of fused-ring (bicyclic) bond motifs is 7. The van der Waals surface area contributed by atoms with Crippen LogP contribution in [0.5, 0.6) is 0 Å². The Morgan fingerprint density at radius 2 is 1.82 bits per heavy atom. The quantitative estimate of drug-likeness (QED) is 0.532. The van der Waals surface area contributed by atoms with Crippen LogP contribution in [0.4, 0.5) is 14.5 Å². The fourth-order valence-corrected chi connectivity index (χ4v) is 10.0. The average molecular weight is 456 g/mol. The SMILES string of the molecule is C[C@H]1CC[C@@H]2C3CC[C@@]4(C)C([C@@H]3CC[C@@H]2C1)[C@@H]1[C@H](C)[C@@H]1[C@@H]4C(=O)CNc1ccc(F)cc1F. The zero-order valence-electron chi connectivity index (χ0n) is 20.3. The number of carbonyl (C=O) groups is 1. The average Bonchev–Trinajstić information content (AvgIpc) is 3.29. The van der Waals surface area contributed by atoms with Crippen LogP contribution in [-0.4, -0.2) is 12.3 Å². The lowest BCUT2D eigenvalue weighted by Crippen LogP contribution is -2.51. The molecule has 2 nitrogen and oxygen atoms in total. The summed E-state index contributed by atoms with van der Waals surface area (Å²) in [6.07, 6.45) is 9.51. The Balaban J connectivity index is 1.21. The predicted molar refractivity (Wildman–Crippen MR) is 127 cm³/mol. The lowest BCUT2D eigenvalue weighted by molar-refractivity contribution is -0.132. The highest BCUT2D eigenvalue weighted by Gasteiger charge is 2.73. The number of carbonyl (C=O) groups excluding carboxylic acids is 1. The largest absolute Gasteiger partial charge is 0.376 e. The van der Waals surface area contributed by atoms with Gasteiger partial charge < -0.3 is 5.32 Å². The Hall–Kier alpha value is -1.45. The van der Waals surface area contributed by atoms with E-state index < -0.39 is 11.6 Å². The minimum absolute atomic E-state index is 0.0866. The standard InChI is InChI=1S/C29H39F2NO/c1-15-4-7-19-17(12-15)5-8-21-20(19)10-11-29(3)27(21)25-16(2)26(25)28(29)24(33)14-32-23-9-6-18(30)13-22(23)31/h6,9,13,15-17,19-21,25-28,32H,4-5,7-8,10-12,14H2,1-3H3/t15-,16-,17+,19-,20?,21+,25+,26-,27?,28-,29-/m0/s1. The summed E-state index contributed by atoms with van der Waals surface area (Å²) in [6.45, 7) is 7.36. The van der Waals surface area contributed by atoms with Crippen molar-refractivity contribution in [2.45, 2.75) is 65.7 Å². The van der Waals surface area contributed by atoms with Gasteiger partial charge >= 0.3 is 0 Å². The smallest absolute Gasteiger partial charge is 0.155 e. The summed E-state index contributed by atoms with van der Waals surface area (Å²) >= 11 is 0. The van der Waals surface area contributed by atoms with Crippen LogP contribution in [-0.2, 0) is 4.79 Å². The molecule has 180 valence electrons. The van der Waals surface area contributed by atoms with E-state index in [0.717, 1.165) is 35.7 Å². The number of benzene rings is 1. The van der Waals surface area contributed by atoms with Crippen molar-refractivity contribution in [3.05, 3.63) is 29.8 Å². The van der Waals surface area contributed by atoms with Crippen LogP contribution in [0.15, 0.2) is 18.2 Å². The third-order valence-corrected chi connectivity index (χ3v) is 11.3. The number of rotatable bonds is 4. The number of halogens is 2. The highest BCUT2D eigenvalue weighted by Crippen LogP contribution is 2.76. The lowest BCUT2D eigenvalue weighted by Gasteiger charge is -2.57. The van der Waals surface area contributed by atoms with Gasteiger partial charge in [0.05, 0.1) is 12.2 Å². The molecular weight excluding hydrogens is 416 g/mol. The Morgan fingerprint density at radius 1 is 1.03 bits per heavy atom. The van der Waals surface area contributed by atoms with Gasteiger partial charge in [0.2, 0.25) is 0 Å². The van der Waals surface area contributed by atoms with Crippen LogP contribution in [0.3, 0.4) is 0 Å². The van der Waals surface area contributed by atoms with Crippen LogP contribution >= 0.6 is 0 Å². The van der Waals surface area contributed by atoms with Crippen LogP contribution < -0.4 is 5.32 Å². The van der Waals surface area contributed by atoms with E-state index in [0.29, 0.717) is 23.7 Å². The van der Waals surface area contributed by atoms with Gasteiger partial charge in [-0.25, -0.2) is 8.78 Å². The predicted octanol–water partition coefficient (Wildman–Crippen LogP) is 6.95. The minimum atomic E-state index is -0.630. The van der Waals surface area contributed by atoms with Crippen molar-refractivity contribution >= 4 is 11.5 Å². The van der Waals surface area contributed by atoms with E-state index in [1.165, 1.54) is 57.1 Å². The van der Waals surface area contributed by atoms with Crippen molar-refractivity contribution in [3.8, 4) is 0 Å². The van der Waals surface area contributed by atoms with E-state index >= 15 is 0 Å². The molecule has 4 heteroatoms. The Morgan fingerprint density at radius 3 is 2.61 bits per heavy atom. The minimum Gasteiger partial charge on any atom is -0.376 e. The number of ketones is 1. The van der Waals surface area contributed by atoms with Gasteiger partial charge in [-0.3, -0.25) is 4.79 Å². The van der Waals surface area contributed by atoms with Gasteiger partial charge in [-0.2, -0.15) is 0 Å². The zero-order chi connectivity index (χ0) is 23.1. The summed E-state index contributed by atoms with van der Waals surface area (Å²) in [6, 6.07) is 3.52. The van der Waals surface area contributed by atoms with Crippen LogP contribution in [0.2, 0.25) is 0 Å². The summed E-state index contributed by atoms with van der Waals surface area (Å²) in [5.74, 6) is 6.10. The first-order valence-electron chi connectivity index (χ1n) is 13.5. The number of hydrogen-bond acceptors (Lipinski definition) is 2. The molecule has 0 saturated heterocycles. The van der Waals surface area contributed by atoms with E-state index in [9.17, 15) is 13.6 Å². The van der Waals surface area contributed by atoms with Crippen molar-refractivity contribution in [1.29, 1.82) is 0 Å². The van der Waals surface area contributed by atoms with E-state index in [2.05, 4.69) is 26.1 Å². The third kappa shape index (κ3) is 3.32. The molecule has 5 fully saturated rings. The van der Waals surface area contributed by atoms with E-state index in [1.807, 2.05) is 0 Å². The molecule has 6 rings (SSSR count). The molecule has 5 saturated carbocycles. The second-order valence-electron chi connectivity index (χ2n) is 12.8. The first-order valence-corrected chi connectivity index (χ1v) is 13.5. The summed E-state index contributed by atoms with van der Waals surface area (Å²) < 4.78 is 27.4. The van der Waals surface area contributed by atoms with Crippen LogP contribution in [0.25, 0.3) is 0 Å². The first kappa shape index (κ1) is 22.0. The normalized spacial score (nSPS) is 47.7. The molecule has 1 aromatic rings. The van der Waals surface area contributed by atoms with Gasteiger partial charge in [0.25, 0.3) is 0 Å². The summed E-state index contributed by atoms with van der Waals surface area (Å²) in [7, 11) is 0. The Bertz CT molecular complexity index is 948. The molecular formula is C29H39F2NO.